The molecule has 166 valence electrons. The topological polar surface area (TPSA) is 91.2 Å². The average Bonchev–Trinajstić information content (AvgIpc) is 2.80. The van der Waals surface area contributed by atoms with Crippen molar-refractivity contribution < 1.29 is 14.3 Å². The first-order chi connectivity index (χ1) is 15.8. The number of aryl methyl sites for hydroxylation is 2. The molecule has 0 aliphatic carbocycles. The van der Waals surface area contributed by atoms with Crippen LogP contribution in [-0.2, 0) is 9.59 Å². The van der Waals surface area contributed by atoms with Crippen LogP contribution in [0, 0.1) is 25.2 Å². The van der Waals surface area contributed by atoms with E-state index in [0.717, 1.165) is 11.1 Å². The van der Waals surface area contributed by atoms with Gasteiger partial charge in [0.1, 0.15) is 17.4 Å². The third-order valence-corrected chi connectivity index (χ3v) is 5.26. The second-order valence-corrected chi connectivity index (χ2v) is 8.24. The van der Waals surface area contributed by atoms with Gasteiger partial charge in [-0.1, -0.05) is 41.5 Å². The number of nitrogens with one attached hydrogen (secondary N) is 2. The lowest BCUT2D eigenvalue weighted by atomic mass is 10.1. The molecule has 0 bridgehead atoms. The van der Waals surface area contributed by atoms with E-state index in [1.165, 1.54) is 6.08 Å². The molecule has 3 rings (SSSR count). The van der Waals surface area contributed by atoms with Crippen LogP contribution >= 0.6 is 15.9 Å². The van der Waals surface area contributed by atoms with Gasteiger partial charge in [0.15, 0.2) is 6.61 Å². The molecule has 3 aromatic rings. The predicted octanol–water partition coefficient (Wildman–Crippen LogP) is 5.63. The summed E-state index contributed by atoms with van der Waals surface area (Å²) in [7, 11) is 0. The molecule has 0 atom stereocenters. The molecule has 0 aromatic heterocycles. The van der Waals surface area contributed by atoms with Crippen molar-refractivity contribution in [3.05, 3.63) is 93.5 Å². The van der Waals surface area contributed by atoms with E-state index in [4.69, 9.17) is 4.74 Å². The third-order valence-electron chi connectivity index (χ3n) is 4.64. The number of hydrogen-bond donors (Lipinski definition) is 2. The lowest BCUT2D eigenvalue weighted by Crippen LogP contribution is -2.20. The Balaban J connectivity index is 1.62. The van der Waals surface area contributed by atoms with Gasteiger partial charge < -0.3 is 15.4 Å². The maximum absolute atomic E-state index is 12.4. The van der Waals surface area contributed by atoms with Gasteiger partial charge in [0.2, 0.25) is 0 Å². The molecule has 0 aliphatic heterocycles. The van der Waals surface area contributed by atoms with Crippen molar-refractivity contribution in [2.45, 2.75) is 13.8 Å². The van der Waals surface area contributed by atoms with Crippen LogP contribution in [0.15, 0.2) is 76.8 Å². The maximum atomic E-state index is 12.4. The lowest BCUT2D eigenvalue weighted by Gasteiger charge is -2.10. The maximum Gasteiger partial charge on any atom is 0.266 e. The fourth-order valence-electron chi connectivity index (χ4n) is 2.85. The summed E-state index contributed by atoms with van der Waals surface area (Å²) in [6, 6.07) is 21.8. The Morgan fingerprint density at radius 1 is 0.939 bits per heavy atom. The summed E-state index contributed by atoms with van der Waals surface area (Å²) in [5.74, 6) is -0.311. The van der Waals surface area contributed by atoms with Gasteiger partial charge in [-0.3, -0.25) is 9.59 Å². The largest absolute Gasteiger partial charge is 0.483 e. The molecular formula is C26H22BrN3O3. The fourth-order valence-corrected chi connectivity index (χ4v) is 3.36. The second-order valence-electron chi connectivity index (χ2n) is 7.38. The molecule has 0 saturated carbocycles. The number of hydrogen-bond acceptors (Lipinski definition) is 4. The molecule has 0 aliphatic rings. The van der Waals surface area contributed by atoms with E-state index in [1.807, 2.05) is 56.3 Å². The summed E-state index contributed by atoms with van der Waals surface area (Å²) in [5.41, 5.74) is 4.09. The average molecular weight is 504 g/mol. The summed E-state index contributed by atoms with van der Waals surface area (Å²) in [5, 5.41) is 14.9. The van der Waals surface area contributed by atoms with Crippen LogP contribution in [0.3, 0.4) is 0 Å². The van der Waals surface area contributed by atoms with Crippen LogP contribution in [-0.4, -0.2) is 18.4 Å². The van der Waals surface area contributed by atoms with Crippen molar-refractivity contribution in [1.82, 2.24) is 0 Å². The molecule has 0 unspecified atom stereocenters. The van der Waals surface area contributed by atoms with Crippen LogP contribution < -0.4 is 15.4 Å². The van der Waals surface area contributed by atoms with Crippen molar-refractivity contribution in [3.8, 4) is 11.8 Å². The first-order valence-electron chi connectivity index (χ1n) is 10.1. The zero-order valence-electron chi connectivity index (χ0n) is 18.2. The monoisotopic (exact) mass is 503 g/mol. The number of carbonyl (C=O) groups excluding carboxylic acids is 2. The van der Waals surface area contributed by atoms with E-state index in [0.29, 0.717) is 27.2 Å². The number of anilines is 2. The Labute approximate surface area is 201 Å². The van der Waals surface area contributed by atoms with Crippen LogP contribution in [0.2, 0.25) is 0 Å². The third kappa shape index (κ3) is 7.06. The highest BCUT2D eigenvalue weighted by Gasteiger charge is 2.11. The number of carbonyl (C=O) groups is 2. The number of nitriles is 1. The molecule has 0 heterocycles. The van der Waals surface area contributed by atoms with Gasteiger partial charge in [-0.15, -0.1) is 0 Å². The minimum absolute atomic E-state index is 0.0337. The Hall–Kier alpha value is -3.89. The van der Waals surface area contributed by atoms with Crippen LogP contribution in [0.5, 0.6) is 5.75 Å². The van der Waals surface area contributed by atoms with E-state index < -0.39 is 5.91 Å². The Kier molecular flexibility index (Phi) is 8.01. The summed E-state index contributed by atoms with van der Waals surface area (Å²) in [4.78, 5) is 24.6. The standard InChI is InChI=1S/C26H22BrN3O3/c1-17-3-8-21(9-4-17)29-25(31)16-33-24-12-7-19(14-23(24)27)13-20(15-28)26(32)30-22-10-5-18(2)6-11-22/h3-14H,16H2,1-2H3,(H,29,31)(H,30,32)/b20-13+. The van der Waals surface area contributed by atoms with Gasteiger partial charge >= 0.3 is 0 Å². The number of rotatable bonds is 7. The molecule has 2 N–H and O–H groups in total. The molecule has 0 spiro atoms. The lowest BCUT2D eigenvalue weighted by molar-refractivity contribution is -0.118. The van der Waals surface area contributed by atoms with Crippen molar-refractivity contribution in [2.24, 2.45) is 0 Å². The molecule has 0 radical (unpaired) electrons. The van der Waals surface area contributed by atoms with E-state index in [9.17, 15) is 14.9 Å². The van der Waals surface area contributed by atoms with Crippen molar-refractivity contribution >= 4 is 45.2 Å². The van der Waals surface area contributed by atoms with Gasteiger partial charge in [-0.25, -0.2) is 0 Å². The predicted molar refractivity (Wildman–Crippen MR) is 133 cm³/mol. The fraction of sp³-hybridized carbons (Fsp3) is 0.115. The van der Waals surface area contributed by atoms with Crippen LogP contribution in [0.25, 0.3) is 6.08 Å². The summed E-state index contributed by atoms with van der Waals surface area (Å²) in [6.45, 7) is 3.76. The summed E-state index contributed by atoms with van der Waals surface area (Å²) < 4.78 is 6.19. The van der Waals surface area contributed by atoms with Gasteiger partial charge in [-0.2, -0.15) is 5.26 Å². The molecule has 0 saturated heterocycles. The Morgan fingerprint density at radius 2 is 1.52 bits per heavy atom. The molecule has 7 heteroatoms. The quantitative estimate of drug-likeness (QED) is 0.322. The van der Waals surface area contributed by atoms with E-state index in [1.54, 1.807) is 30.3 Å². The number of halogens is 1. The highest BCUT2D eigenvalue weighted by atomic mass is 79.9. The highest BCUT2D eigenvalue weighted by molar-refractivity contribution is 9.10. The molecule has 0 fully saturated rings. The minimum atomic E-state index is -0.495. The zero-order valence-corrected chi connectivity index (χ0v) is 19.8. The first kappa shape index (κ1) is 23.8. The van der Waals surface area contributed by atoms with E-state index >= 15 is 0 Å². The van der Waals surface area contributed by atoms with Gasteiger partial charge in [0.05, 0.1) is 4.47 Å². The van der Waals surface area contributed by atoms with Crippen molar-refractivity contribution in [1.29, 1.82) is 5.26 Å². The Morgan fingerprint density at radius 3 is 2.06 bits per heavy atom. The number of benzene rings is 3. The first-order valence-corrected chi connectivity index (χ1v) is 10.9. The highest BCUT2D eigenvalue weighted by Crippen LogP contribution is 2.27. The molecule has 6 nitrogen and oxygen atoms in total. The molecule has 3 aromatic carbocycles. The van der Waals surface area contributed by atoms with Crippen LogP contribution in [0.1, 0.15) is 16.7 Å². The van der Waals surface area contributed by atoms with Crippen molar-refractivity contribution in [2.75, 3.05) is 17.2 Å². The second kappa shape index (κ2) is 11.1. The smallest absolute Gasteiger partial charge is 0.266 e. The number of amides is 2. The van der Waals surface area contributed by atoms with Crippen molar-refractivity contribution in [3.63, 3.8) is 0 Å². The normalized spacial score (nSPS) is 10.8. The Bertz CT molecular complexity index is 1230. The SMILES string of the molecule is Cc1ccc(NC(=O)COc2ccc(/C=C(\C#N)C(=O)Nc3ccc(C)cc3)cc2Br)cc1. The molecular weight excluding hydrogens is 482 g/mol. The van der Waals surface area contributed by atoms with Gasteiger partial charge in [-0.05, 0) is 77.8 Å². The molecule has 33 heavy (non-hydrogen) atoms. The number of ether oxygens (including phenoxy) is 1. The summed E-state index contributed by atoms with van der Waals surface area (Å²) >= 11 is 3.41. The minimum Gasteiger partial charge on any atom is -0.483 e. The van der Waals surface area contributed by atoms with Gasteiger partial charge in [0, 0.05) is 11.4 Å². The zero-order chi connectivity index (χ0) is 23.8. The van der Waals surface area contributed by atoms with Crippen LogP contribution in [0.4, 0.5) is 11.4 Å². The molecule has 2 amide bonds. The number of nitrogens with zero attached hydrogens (tertiary/aromatic N) is 1. The summed E-state index contributed by atoms with van der Waals surface area (Å²) in [6.07, 6.45) is 1.49. The van der Waals surface area contributed by atoms with Gasteiger partial charge in [0.25, 0.3) is 11.8 Å². The van der Waals surface area contributed by atoms with E-state index in [-0.39, 0.29) is 18.1 Å². The van der Waals surface area contributed by atoms with E-state index in [2.05, 4.69) is 26.6 Å².